The maximum absolute atomic E-state index is 11.6. The first-order valence-electron chi connectivity index (χ1n) is 5.81. The first-order valence-corrected chi connectivity index (χ1v) is 6.19. The van der Waals surface area contributed by atoms with Crippen LogP contribution in [0.5, 0.6) is 0 Å². The highest BCUT2D eigenvalue weighted by Crippen LogP contribution is 2.22. The van der Waals surface area contributed by atoms with Gasteiger partial charge in [0.1, 0.15) is 0 Å². The number of rotatable bonds is 3. The van der Waals surface area contributed by atoms with Crippen LogP contribution in [0.1, 0.15) is 13.8 Å². The number of hydrazine groups is 1. The number of hydrogen-bond donors (Lipinski definition) is 2. The van der Waals surface area contributed by atoms with Crippen molar-refractivity contribution in [1.29, 1.82) is 0 Å². The lowest BCUT2D eigenvalue weighted by molar-refractivity contribution is -0.222. The second kappa shape index (κ2) is 5.42. The molecule has 0 atom stereocenters. The molecule has 0 radical (unpaired) electrons. The molecule has 0 saturated carbocycles. The Bertz CT molecular complexity index is 544. The van der Waals surface area contributed by atoms with E-state index >= 15 is 0 Å². The van der Waals surface area contributed by atoms with Gasteiger partial charge in [0.25, 0.3) is 5.79 Å². The van der Waals surface area contributed by atoms with Crippen LogP contribution in [0, 0.1) is 0 Å². The molecular weight excluding hydrogens is 284 g/mol. The first-order chi connectivity index (χ1) is 9.37. The molecule has 6 nitrogen and oxygen atoms in total. The van der Waals surface area contributed by atoms with Gasteiger partial charge < -0.3 is 20.3 Å². The molecule has 0 amide bonds. The van der Waals surface area contributed by atoms with Crippen LogP contribution in [0.15, 0.2) is 36.0 Å². The standard InChI is InChI=1S/C13H13ClN2O4/c1-13(2)19-11(17)10(12(18)20-13)7-15-16-9-5-3-8(14)4-6-9/h3-7,15-16H,1-2H3. The Kier molecular flexibility index (Phi) is 3.85. The van der Waals surface area contributed by atoms with Gasteiger partial charge in [0.2, 0.25) is 0 Å². The van der Waals surface area contributed by atoms with Crippen molar-refractivity contribution < 1.29 is 19.1 Å². The Morgan fingerprint density at radius 1 is 1.10 bits per heavy atom. The predicted molar refractivity (Wildman–Crippen MR) is 72.6 cm³/mol. The molecule has 1 saturated heterocycles. The van der Waals surface area contributed by atoms with Crippen molar-refractivity contribution in [3.63, 3.8) is 0 Å². The fourth-order valence-electron chi connectivity index (χ4n) is 1.50. The Balaban J connectivity index is 1.99. The van der Waals surface area contributed by atoms with E-state index in [1.807, 2.05) is 0 Å². The molecule has 7 heteroatoms. The van der Waals surface area contributed by atoms with Crippen molar-refractivity contribution in [2.24, 2.45) is 0 Å². The third kappa shape index (κ3) is 3.42. The van der Waals surface area contributed by atoms with E-state index in [1.54, 1.807) is 24.3 Å². The van der Waals surface area contributed by atoms with Gasteiger partial charge in [-0.05, 0) is 24.3 Å². The fraction of sp³-hybridized carbons (Fsp3) is 0.231. The van der Waals surface area contributed by atoms with Gasteiger partial charge in [-0.2, -0.15) is 0 Å². The summed E-state index contributed by atoms with van der Waals surface area (Å²) in [5.41, 5.74) is 5.90. The normalized spacial score (nSPS) is 17.1. The zero-order valence-electron chi connectivity index (χ0n) is 10.9. The number of esters is 2. The summed E-state index contributed by atoms with van der Waals surface area (Å²) in [7, 11) is 0. The Morgan fingerprint density at radius 3 is 2.20 bits per heavy atom. The zero-order valence-corrected chi connectivity index (χ0v) is 11.7. The number of halogens is 1. The predicted octanol–water partition coefficient (Wildman–Crippen LogP) is 1.98. The van der Waals surface area contributed by atoms with Crippen molar-refractivity contribution in [2.75, 3.05) is 5.43 Å². The van der Waals surface area contributed by atoms with E-state index in [2.05, 4.69) is 10.9 Å². The molecule has 0 aromatic heterocycles. The lowest BCUT2D eigenvalue weighted by Crippen LogP contribution is -2.42. The number of ether oxygens (including phenoxy) is 2. The summed E-state index contributed by atoms with van der Waals surface area (Å²) in [5, 5.41) is 0.607. The fourth-order valence-corrected chi connectivity index (χ4v) is 1.63. The first kappa shape index (κ1) is 14.2. The molecule has 1 heterocycles. The summed E-state index contributed by atoms with van der Waals surface area (Å²) in [6.07, 6.45) is 1.19. The molecule has 0 unspecified atom stereocenters. The molecule has 106 valence electrons. The van der Waals surface area contributed by atoms with Gasteiger partial charge in [0.15, 0.2) is 5.57 Å². The van der Waals surface area contributed by atoms with Crippen LogP contribution in [0.25, 0.3) is 0 Å². The summed E-state index contributed by atoms with van der Waals surface area (Å²) in [4.78, 5) is 23.3. The van der Waals surface area contributed by atoms with Gasteiger partial charge in [-0.3, -0.25) is 0 Å². The number of anilines is 1. The summed E-state index contributed by atoms with van der Waals surface area (Å²) in [6.45, 7) is 2.97. The Morgan fingerprint density at radius 2 is 1.65 bits per heavy atom. The summed E-state index contributed by atoms with van der Waals surface area (Å²) in [5.74, 6) is -2.72. The van der Waals surface area contributed by atoms with Crippen molar-refractivity contribution in [1.82, 2.24) is 5.43 Å². The minimum absolute atomic E-state index is 0.217. The quantitative estimate of drug-likeness (QED) is 0.384. The van der Waals surface area contributed by atoms with E-state index < -0.39 is 17.7 Å². The summed E-state index contributed by atoms with van der Waals surface area (Å²) < 4.78 is 9.88. The molecule has 1 aliphatic heterocycles. The molecule has 0 aliphatic carbocycles. The highest BCUT2D eigenvalue weighted by molar-refractivity contribution is 6.30. The van der Waals surface area contributed by atoms with E-state index in [0.29, 0.717) is 10.7 Å². The molecule has 0 bridgehead atoms. The lowest BCUT2D eigenvalue weighted by Gasteiger charge is -2.29. The third-order valence-corrected chi connectivity index (χ3v) is 2.65. The van der Waals surface area contributed by atoms with Crippen molar-refractivity contribution in [3.8, 4) is 0 Å². The third-order valence-electron chi connectivity index (χ3n) is 2.39. The van der Waals surface area contributed by atoms with Gasteiger partial charge in [0.05, 0.1) is 5.69 Å². The van der Waals surface area contributed by atoms with Crippen LogP contribution >= 0.6 is 11.6 Å². The molecule has 1 aromatic carbocycles. The van der Waals surface area contributed by atoms with Gasteiger partial charge >= 0.3 is 11.9 Å². The summed E-state index contributed by atoms with van der Waals surface area (Å²) in [6, 6.07) is 6.86. The minimum atomic E-state index is -1.24. The number of benzene rings is 1. The highest BCUT2D eigenvalue weighted by Gasteiger charge is 2.38. The molecule has 1 aliphatic rings. The average molecular weight is 297 g/mol. The van der Waals surface area contributed by atoms with E-state index in [0.717, 1.165) is 0 Å². The second-order valence-electron chi connectivity index (χ2n) is 4.51. The number of hydrogen-bond acceptors (Lipinski definition) is 6. The largest absolute Gasteiger partial charge is 0.419 e. The Hall–Kier alpha value is -2.21. The second-order valence-corrected chi connectivity index (χ2v) is 4.95. The van der Waals surface area contributed by atoms with E-state index in [4.69, 9.17) is 21.1 Å². The monoisotopic (exact) mass is 296 g/mol. The number of carbonyl (C=O) groups excluding carboxylic acids is 2. The van der Waals surface area contributed by atoms with E-state index in [1.165, 1.54) is 20.0 Å². The van der Waals surface area contributed by atoms with Gasteiger partial charge in [-0.1, -0.05) is 11.6 Å². The van der Waals surface area contributed by atoms with Crippen molar-refractivity contribution in [2.45, 2.75) is 19.6 Å². The summed E-state index contributed by atoms with van der Waals surface area (Å²) >= 11 is 5.75. The van der Waals surface area contributed by atoms with E-state index in [-0.39, 0.29) is 5.57 Å². The zero-order chi connectivity index (χ0) is 14.8. The molecule has 0 spiro atoms. The molecule has 1 aromatic rings. The van der Waals surface area contributed by atoms with Crippen LogP contribution in [-0.4, -0.2) is 17.7 Å². The van der Waals surface area contributed by atoms with Crippen LogP contribution in [0.4, 0.5) is 5.69 Å². The maximum atomic E-state index is 11.6. The van der Waals surface area contributed by atoms with Crippen LogP contribution in [0.3, 0.4) is 0 Å². The Labute approximate surface area is 120 Å². The highest BCUT2D eigenvalue weighted by atomic mass is 35.5. The van der Waals surface area contributed by atoms with Crippen LogP contribution in [0.2, 0.25) is 5.02 Å². The van der Waals surface area contributed by atoms with Crippen molar-refractivity contribution in [3.05, 3.63) is 41.1 Å². The SMILES string of the molecule is CC1(C)OC(=O)C(=CNNc2ccc(Cl)cc2)C(=O)O1. The molecular formula is C13H13ClN2O4. The van der Waals surface area contributed by atoms with Gasteiger partial charge in [-0.25, -0.2) is 9.59 Å². The average Bonchev–Trinajstić information content (AvgIpc) is 2.33. The molecule has 1 fully saturated rings. The van der Waals surface area contributed by atoms with E-state index in [9.17, 15) is 9.59 Å². The number of cyclic esters (lactones) is 2. The maximum Gasteiger partial charge on any atom is 0.350 e. The van der Waals surface area contributed by atoms with Crippen LogP contribution in [-0.2, 0) is 19.1 Å². The number of carbonyl (C=O) groups is 2. The molecule has 20 heavy (non-hydrogen) atoms. The molecule has 2 rings (SSSR count). The van der Waals surface area contributed by atoms with Gasteiger partial charge in [0, 0.05) is 25.1 Å². The number of nitrogens with one attached hydrogen (secondary N) is 2. The smallest absolute Gasteiger partial charge is 0.350 e. The van der Waals surface area contributed by atoms with Crippen molar-refractivity contribution >= 4 is 29.2 Å². The topological polar surface area (TPSA) is 76.7 Å². The minimum Gasteiger partial charge on any atom is -0.419 e. The van der Waals surface area contributed by atoms with Gasteiger partial charge in [-0.15, -0.1) is 0 Å². The molecule has 2 N–H and O–H groups in total. The van der Waals surface area contributed by atoms with Crippen LogP contribution < -0.4 is 10.9 Å². The lowest BCUT2D eigenvalue weighted by atomic mass is 10.2.